The fourth-order valence-electron chi connectivity index (χ4n) is 0.695. The number of hydrogen-bond donors (Lipinski definition) is 1. The van der Waals surface area contributed by atoms with Crippen molar-refractivity contribution in [2.75, 3.05) is 0 Å². The van der Waals surface area contributed by atoms with E-state index in [0.29, 0.717) is 5.92 Å². The molecule has 0 spiro atoms. The van der Waals surface area contributed by atoms with Gasteiger partial charge in [0.15, 0.2) is 10.5 Å². The normalized spacial score (nSPS) is 12.7. The van der Waals surface area contributed by atoms with E-state index in [2.05, 4.69) is 25.4 Å². The molecule has 0 aromatic rings. The maximum Gasteiger partial charge on any atom is 0.183 e. The highest BCUT2D eigenvalue weighted by Gasteiger charge is 1.87. The minimum atomic E-state index is 0.592. The van der Waals surface area contributed by atoms with Crippen molar-refractivity contribution in [1.82, 2.24) is 5.48 Å². The summed E-state index contributed by atoms with van der Waals surface area (Å²) < 4.78 is 4.83. The van der Waals surface area contributed by atoms with Gasteiger partial charge in [-0.15, -0.1) is 0 Å². The fourth-order valence-corrected chi connectivity index (χ4v) is 1.02. The molecule has 0 unspecified atom stereocenters. The Labute approximate surface area is 59.8 Å². The third-order valence-corrected chi connectivity index (χ3v) is 1.05. The Morgan fingerprint density at radius 2 is 2.22 bits per heavy atom. The molecule has 9 heavy (non-hydrogen) atoms. The Kier molecular flexibility index (Phi) is 4.44. The molecule has 0 heterocycles. The van der Waals surface area contributed by atoms with Crippen LogP contribution in [0.15, 0.2) is 11.8 Å². The maximum absolute atomic E-state index is 4.83. The summed E-state index contributed by atoms with van der Waals surface area (Å²) in [6.45, 7) is 6.27. The van der Waals surface area contributed by atoms with Crippen LogP contribution in [-0.4, -0.2) is 10.5 Å². The molecule has 54 valence electrons. The summed E-state index contributed by atoms with van der Waals surface area (Å²) in [5.74, 6) is 0.592. The first kappa shape index (κ1) is 8.72. The molecule has 0 amide bonds. The monoisotopic (exact) mass is 145 g/mol. The third kappa shape index (κ3) is 5.59. The average molecular weight is 145 g/mol. The molecular weight excluding hydrogens is 130 g/mol. The molecule has 0 fully saturated rings. The quantitative estimate of drug-likeness (QED) is 0.457. The van der Waals surface area contributed by atoms with E-state index in [1.165, 1.54) is 0 Å². The van der Waals surface area contributed by atoms with Crippen LogP contribution in [0, 0.1) is 5.92 Å². The van der Waals surface area contributed by atoms with Gasteiger partial charge in [-0.05, 0) is 12.8 Å². The predicted octanol–water partition coefficient (Wildman–Crippen LogP) is 0.348. The van der Waals surface area contributed by atoms with Crippen LogP contribution in [0.4, 0.5) is 0 Å². The zero-order chi connectivity index (χ0) is 7.28. The lowest BCUT2D eigenvalue weighted by atomic mass is 10.2. The molecule has 3 heteroatoms. The van der Waals surface area contributed by atoms with Crippen LogP contribution >= 0.6 is 0 Å². The molecule has 0 saturated heterocycles. The highest BCUT2D eigenvalue weighted by Crippen LogP contribution is 1.97. The molecule has 0 aliphatic heterocycles. The van der Waals surface area contributed by atoms with Crippen LogP contribution in [0.5, 0.6) is 0 Å². The zero-order valence-electron chi connectivity index (χ0n) is 6.56. The molecule has 0 rings (SSSR count). The van der Waals surface area contributed by atoms with E-state index >= 15 is 0 Å². The van der Waals surface area contributed by atoms with Gasteiger partial charge in [-0.1, -0.05) is 19.9 Å². The summed E-state index contributed by atoms with van der Waals surface area (Å²) in [5.41, 5.74) is 3.90. The molecule has 0 aromatic carbocycles. The average Bonchev–Trinajstić information content (AvgIpc) is 1.63. The predicted molar refractivity (Wildman–Crippen MR) is 42.8 cm³/mol. The van der Waals surface area contributed by atoms with Gasteiger partial charge >= 0.3 is 0 Å². The summed E-state index contributed by atoms with van der Waals surface area (Å²) >= 11 is 0. The van der Waals surface area contributed by atoms with Crippen molar-refractivity contribution in [1.29, 1.82) is 0 Å². The topological polar surface area (TPSA) is 21.3 Å². The molecule has 0 aliphatic rings. The summed E-state index contributed by atoms with van der Waals surface area (Å²) in [7, 11) is 0.735. The molecule has 0 aliphatic carbocycles. The Morgan fingerprint density at radius 1 is 1.67 bits per heavy atom. The largest absolute Gasteiger partial charge is 0.334 e. The number of hydrogen-bond acceptors (Lipinski definition) is 2. The van der Waals surface area contributed by atoms with Crippen molar-refractivity contribution in [3.05, 3.63) is 11.8 Å². The number of allylic oxidation sites excluding steroid dienone is 2. The Hall–Kier alpha value is -0.283. The van der Waals surface area contributed by atoms with Gasteiger partial charge in [0.25, 0.3) is 0 Å². The summed E-state index contributed by atoms with van der Waals surface area (Å²) in [5, 5.41) is 0. The van der Waals surface area contributed by atoms with Gasteiger partial charge in [-0.25, -0.2) is 0 Å². The van der Waals surface area contributed by atoms with Crippen molar-refractivity contribution < 1.29 is 4.53 Å². The lowest BCUT2D eigenvalue weighted by molar-refractivity contribution is 0.253. The number of hydroxylamine groups is 1. The van der Waals surface area contributed by atoms with Crippen molar-refractivity contribution in [3.63, 3.8) is 0 Å². The molecule has 2 nitrogen and oxygen atoms in total. The zero-order valence-corrected chi connectivity index (χ0v) is 8.56. The van der Waals surface area contributed by atoms with E-state index in [4.69, 9.17) is 4.53 Å². The molecule has 1 N–H and O–H groups in total. The molecule has 0 atom stereocenters. The first-order chi connectivity index (χ1) is 4.16. The van der Waals surface area contributed by atoms with Gasteiger partial charge < -0.3 is 4.53 Å². The van der Waals surface area contributed by atoms with Crippen LogP contribution in [0.25, 0.3) is 0 Å². The summed E-state index contributed by atoms with van der Waals surface area (Å²) in [6, 6.07) is 0. The second kappa shape index (κ2) is 4.58. The van der Waals surface area contributed by atoms with Crippen molar-refractivity contribution >= 4 is 10.5 Å². The third-order valence-electron chi connectivity index (χ3n) is 0.846. The molecule has 0 bridgehead atoms. The number of nitrogens with one attached hydrogen (secondary N) is 1. The van der Waals surface area contributed by atoms with Gasteiger partial charge in [-0.3, -0.25) is 5.48 Å². The smallest absolute Gasteiger partial charge is 0.183 e. The van der Waals surface area contributed by atoms with E-state index in [0.717, 1.165) is 16.2 Å². The van der Waals surface area contributed by atoms with Crippen molar-refractivity contribution in [3.8, 4) is 0 Å². The minimum Gasteiger partial charge on any atom is -0.334 e. The Bertz CT molecular complexity index is 101. The first-order valence-electron chi connectivity index (χ1n) is 3.14. The lowest BCUT2D eigenvalue weighted by Crippen LogP contribution is -2.09. The number of rotatable bonds is 3. The van der Waals surface area contributed by atoms with Crippen LogP contribution in [0.1, 0.15) is 20.8 Å². The molecular formula is C6H15NOSi. The standard InChI is InChI=1S/C6H15NOSi/c1-5(2)4-6(3)7-8-9/h4-5,7H,1-3,9H3. The van der Waals surface area contributed by atoms with Gasteiger partial charge in [0.05, 0.1) is 0 Å². The Morgan fingerprint density at radius 3 is 2.56 bits per heavy atom. The highest BCUT2D eigenvalue weighted by molar-refractivity contribution is 5.97. The van der Waals surface area contributed by atoms with E-state index < -0.39 is 0 Å². The fraction of sp³-hybridized carbons (Fsp3) is 0.667. The Balaban J connectivity index is 3.55. The second-order valence-electron chi connectivity index (χ2n) is 2.40. The van der Waals surface area contributed by atoms with E-state index in [9.17, 15) is 0 Å². The SMILES string of the molecule is CC(=CC(C)C)NO[SiH3]. The van der Waals surface area contributed by atoms with Crippen LogP contribution in [0.2, 0.25) is 0 Å². The maximum atomic E-state index is 4.83. The summed E-state index contributed by atoms with van der Waals surface area (Å²) in [6.07, 6.45) is 2.12. The van der Waals surface area contributed by atoms with Gasteiger partial charge in [0, 0.05) is 5.70 Å². The first-order valence-corrected chi connectivity index (χ1v) is 3.96. The van der Waals surface area contributed by atoms with Crippen LogP contribution in [-0.2, 0) is 4.53 Å². The van der Waals surface area contributed by atoms with Crippen LogP contribution < -0.4 is 5.48 Å². The van der Waals surface area contributed by atoms with E-state index in [-0.39, 0.29) is 0 Å². The van der Waals surface area contributed by atoms with E-state index in [1.807, 2.05) is 6.92 Å². The van der Waals surface area contributed by atoms with Gasteiger partial charge in [0.2, 0.25) is 0 Å². The van der Waals surface area contributed by atoms with Crippen molar-refractivity contribution in [2.24, 2.45) is 5.92 Å². The van der Waals surface area contributed by atoms with Crippen LogP contribution in [0.3, 0.4) is 0 Å². The van der Waals surface area contributed by atoms with Gasteiger partial charge in [-0.2, -0.15) is 0 Å². The van der Waals surface area contributed by atoms with Crippen molar-refractivity contribution in [2.45, 2.75) is 20.8 Å². The summed E-state index contributed by atoms with van der Waals surface area (Å²) in [4.78, 5) is 0. The van der Waals surface area contributed by atoms with Gasteiger partial charge in [0.1, 0.15) is 0 Å². The van der Waals surface area contributed by atoms with E-state index in [1.54, 1.807) is 0 Å². The second-order valence-corrected chi connectivity index (χ2v) is 2.81. The highest BCUT2D eigenvalue weighted by atomic mass is 28.2. The minimum absolute atomic E-state index is 0.592. The molecule has 0 aromatic heterocycles. The molecule has 0 saturated carbocycles. The lowest BCUT2D eigenvalue weighted by Gasteiger charge is -2.03. The molecule has 0 radical (unpaired) electrons.